The lowest BCUT2D eigenvalue weighted by molar-refractivity contribution is -0.137. The van der Waals surface area contributed by atoms with Crippen LogP contribution in [0.1, 0.15) is 22.3 Å². The third kappa shape index (κ3) is 3.23. The van der Waals surface area contributed by atoms with Gasteiger partial charge in [-0.25, -0.2) is 0 Å². The van der Waals surface area contributed by atoms with Crippen molar-refractivity contribution in [2.75, 3.05) is 6.61 Å². The zero-order valence-corrected chi connectivity index (χ0v) is 10.6. The second-order valence-electron chi connectivity index (χ2n) is 3.79. The van der Waals surface area contributed by atoms with Crippen molar-refractivity contribution < 1.29 is 14.3 Å². The number of benzene rings is 1. The summed E-state index contributed by atoms with van der Waals surface area (Å²) in [5, 5.41) is 0.698. The fourth-order valence-corrected chi connectivity index (χ4v) is 2.84. The maximum absolute atomic E-state index is 10.9. The van der Waals surface area contributed by atoms with Crippen LogP contribution < -0.4 is 0 Å². The number of ether oxygens (including phenoxy) is 1. The van der Waals surface area contributed by atoms with E-state index in [0.717, 1.165) is 17.6 Å². The van der Waals surface area contributed by atoms with Gasteiger partial charge in [0, 0.05) is 16.6 Å². The number of aldehydes is 1. The molecule has 1 aliphatic heterocycles. The van der Waals surface area contributed by atoms with Gasteiger partial charge in [-0.3, -0.25) is 9.59 Å². The topological polar surface area (TPSA) is 43.4 Å². The quantitative estimate of drug-likeness (QED) is 0.623. The van der Waals surface area contributed by atoms with Crippen LogP contribution in [0, 0.1) is 0 Å². The van der Waals surface area contributed by atoms with Crippen molar-refractivity contribution in [3.05, 3.63) is 34.3 Å². The summed E-state index contributed by atoms with van der Waals surface area (Å²) in [5.74, 6) is 0.636. The number of cyclic esters (lactones) is 1. The van der Waals surface area contributed by atoms with Crippen LogP contribution in [0.2, 0.25) is 5.02 Å². The Labute approximate surface area is 108 Å². The lowest BCUT2D eigenvalue weighted by Crippen LogP contribution is -2.01. The third-order valence-corrected chi connectivity index (χ3v) is 4.10. The van der Waals surface area contributed by atoms with E-state index >= 15 is 0 Å². The van der Waals surface area contributed by atoms with E-state index in [1.54, 1.807) is 23.9 Å². The van der Waals surface area contributed by atoms with Crippen molar-refractivity contribution in [1.29, 1.82) is 0 Å². The SMILES string of the molecule is O=Cc1ccc(CSC2COC(=O)C2)cc1Cl. The van der Waals surface area contributed by atoms with E-state index in [2.05, 4.69) is 0 Å². The van der Waals surface area contributed by atoms with Gasteiger partial charge in [0.1, 0.15) is 6.61 Å². The van der Waals surface area contributed by atoms with Crippen molar-refractivity contribution >= 4 is 35.6 Å². The van der Waals surface area contributed by atoms with Crippen LogP contribution in [-0.4, -0.2) is 24.1 Å². The van der Waals surface area contributed by atoms with Crippen LogP contribution >= 0.6 is 23.4 Å². The molecule has 1 unspecified atom stereocenters. The van der Waals surface area contributed by atoms with E-state index in [9.17, 15) is 9.59 Å². The molecule has 17 heavy (non-hydrogen) atoms. The number of halogens is 1. The normalized spacial score (nSPS) is 19.1. The molecule has 3 nitrogen and oxygen atoms in total. The van der Waals surface area contributed by atoms with Gasteiger partial charge in [0.15, 0.2) is 6.29 Å². The lowest BCUT2D eigenvalue weighted by atomic mass is 10.2. The largest absolute Gasteiger partial charge is 0.464 e. The van der Waals surface area contributed by atoms with E-state index in [0.29, 0.717) is 23.6 Å². The Morgan fingerprint density at radius 1 is 1.53 bits per heavy atom. The molecule has 5 heteroatoms. The van der Waals surface area contributed by atoms with E-state index < -0.39 is 0 Å². The third-order valence-electron chi connectivity index (χ3n) is 2.50. The summed E-state index contributed by atoms with van der Waals surface area (Å²) in [6.45, 7) is 0.490. The lowest BCUT2D eigenvalue weighted by Gasteiger charge is -2.07. The van der Waals surface area contributed by atoms with Crippen molar-refractivity contribution in [3.8, 4) is 0 Å². The van der Waals surface area contributed by atoms with Gasteiger partial charge < -0.3 is 4.74 Å². The smallest absolute Gasteiger partial charge is 0.307 e. The summed E-state index contributed by atoms with van der Waals surface area (Å²) in [5.41, 5.74) is 1.55. The van der Waals surface area contributed by atoms with Gasteiger partial charge in [0.25, 0.3) is 0 Å². The minimum atomic E-state index is -0.128. The van der Waals surface area contributed by atoms with Gasteiger partial charge in [-0.15, -0.1) is 11.8 Å². The number of esters is 1. The molecule has 1 aromatic rings. The molecule has 0 amide bonds. The summed E-state index contributed by atoms with van der Waals surface area (Å²) in [6, 6.07) is 5.37. The molecule has 0 radical (unpaired) electrons. The molecular weight excluding hydrogens is 260 g/mol. The first-order chi connectivity index (χ1) is 8.19. The van der Waals surface area contributed by atoms with Crippen molar-refractivity contribution in [1.82, 2.24) is 0 Å². The number of rotatable bonds is 4. The molecule has 1 atom stereocenters. The van der Waals surface area contributed by atoms with Crippen LogP contribution in [0.15, 0.2) is 18.2 Å². The minimum absolute atomic E-state index is 0.128. The predicted molar refractivity (Wildman–Crippen MR) is 67.5 cm³/mol. The molecule has 1 heterocycles. The zero-order chi connectivity index (χ0) is 12.3. The Morgan fingerprint density at radius 3 is 2.94 bits per heavy atom. The van der Waals surface area contributed by atoms with Gasteiger partial charge in [-0.05, 0) is 17.7 Å². The number of hydrogen-bond donors (Lipinski definition) is 0. The summed E-state index contributed by atoms with van der Waals surface area (Å²) < 4.78 is 4.88. The maximum Gasteiger partial charge on any atom is 0.307 e. The zero-order valence-electron chi connectivity index (χ0n) is 9.02. The fraction of sp³-hybridized carbons (Fsp3) is 0.333. The summed E-state index contributed by atoms with van der Waals surface area (Å²) >= 11 is 7.60. The van der Waals surface area contributed by atoms with Gasteiger partial charge in [-0.1, -0.05) is 17.7 Å². The van der Waals surface area contributed by atoms with Gasteiger partial charge in [0.05, 0.1) is 11.4 Å². The average molecular weight is 271 g/mol. The van der Waals surface area contributed by atoms with E-state index in [4.69, 9.17) is 16.3 Å². The molecule has 1 aliphatic rings. The highest BCUT2D eigenvalue weighted by Crippen LogP contribution is 2.26. The summed E-state index contributed by atoms with van der Waals surface area (Å²) in [4.78, 5) is 21.5. The average Bonchev–Trinajstić information content (AvgIpc) is 2.73. The Morgan fingerprint density at radius 2 is 2.35 bits per heavy atom. The predicted octanol–water partition coefficient (Wildman–Crippen LogP) is 2.70. The molecule has 0 aliphatic carbocycles. The van der Waals surface area contributed by atoms with Gasteiger partial charge in [0.2, 0.25) is 0 Å². The van der Waals surface area contributed by atoms with E-state index in [1.165, 1.54) is 0 Å². The summed E-state index contributed by atoms with van der Waals surface area (Å²) in [6.07, 6.45) is 1.22. The molecular formula is C12H11ClO3S. The van der Waals surface area contributed by atoms with Gasteiger partial charge >= 0.3 is 5.97 Å². The van der Waals surface area contributed by atoms with Gasteiger partial charge in [-0.2, -0.15) is 0 Å². The van der Waals surface area contributed by atoms with Crippen LogP contribution in [0.25, 0.3) is 0 Å². The van der Waals surface area contributed by atoms with Crippen molar-refractivity contribution in [3.63, 3.8) is 0 Å². The Kier molecular flexibility index (Phi) is 4.07. The first kappa shape index (κ1) is 12.5. The Hall–Kier alpha value is -1.00. The fourth-order valence-electron chi connectivity index (χ4n) is 1.57. The summed E-state index contributed by atoms with van der Waals surface area (Å²) in [7, 11) is 0. The maximum atomic E-state index is 10.9. The molecule has 2 rings (SSSR count). The van der Waals surface area contributed by atoms with E-state index in [1.807, 2.05) is 6.07 Å². The number of hydrogen-bond acceptors (Lipinski definition) is 4. The molecule has 0 N–H and O–H groups in total. The second kappa shape index (κ2) is 5.56. The molecule has 90 valence electrons. The molecule has 1 aromatic carbocycles. The molecule has 1 saturated heterocycles. The number of thioether (sulfide) groups is 1. The van der Waals surface area contributed by atoms with Crippen molar-refractivity contribution in [2.24, 2.45) is 0 Å². The monoisotopic (exact) mass is 270 g/mol. The second-order valence-corrected chi connectivity index (χ2v) is 5.49. The van der Waals surface area contributed by atoms with Crippen LogP contribution in [0.4, 0.5) is 0 Å². The standard InChI is InChI=1S/C12H11ClO3S/c13-11-3-8(1-2-9(11)5-14)7-17-10-4-12(15)16-6-10/h1-3,5,10H,4,6-7H2. The van der Waals surface area contributed by atoms with Crippen molar-refractivity contribution in [2.45, 2.75) is 17.4 Å². The molecule has 0 aromatic heterocycles. The number of carbonyl (C=O) groups excluding carboxylic acids is 2. The minimum Gasteiger partial charge on any atom is -0.464 e. The number of carbonyl (C=O) groups is 2. The molecule has 0 spiro atoms. The molecule has 0 saturated carbocycles. The van der Waals surface area contributed by atoms with Crippen LogP contribution in [-0.2, 0) is 15.3 Å². The highest BCUT2D eigenvalue weighted by Gasteiger charge is 2.23. The van der Waals surface area contributed by atoms with E-state index in [-0.39, 0.29) is 11.2 Å². The first-order valence-electron chi connectivity index (χ1n) is 5.20. The highest BCUT2D eigenvalue weighted by atomic mass is 35.5. The Balaban J connectivity index is 1.93. The van der Waals surface area contributed by atoms with Crippen LogP contribution in [0.3, 0.4) is 0 Å². The Bertz CT molecular complexity index is 447. The molecule has 0 bridgehead atoms. The molecule has 1 fully saturated rings. The first-order valence-corrected chi connectivity index (χ1v) is 6.62. The highest BCUT2D eigenvalue weighted by molar-refractivity contribution is 7.99. The van der Waals surface area contributed by atoms with Crippen LogP contribution in [0.5, 0.6) is 0 Å².